The van der Waals surface area contributed by atoms with E-state index in [1.54, 1.807) is 6.08 Å². The molecule has 5 heteroatoms. The van der Waals surface area contributed by atoms with Crippen molar-refractivity contribution in [3.05, 3.63) is 24.3 Å². The van der Waals surface area contributed by atoms with Gasteiger partial charge in [0.15, 0.2) is 5.78 Å². The van der Waals surface area contributed by atoms with Crippen molar-refractivity contribution in [1.82, 2.24) is 0 Å². The Morgan fingerprint density at radius 1 is 1.17 bits per heavy atom. The molecular weight excluding hydrogens is 308 g/mol. The van der Waals surface area contributed by atoms with Crippen LogP contribution < -0.4 is 0 Å². The molecule has 0 aromatic heterocycles. The number of rotatable bonds is 7. The van der Waals surface area contributed by atoms with Gasteiger partial charge in [-0.15, -0.1) is 6.58 Å². The minimum Gasteiger partial charge on any atom is -0.295 e. The highest BCUT2D eigenvalue weighted by molar-refractivity contribution is 5.91. The largest absolute Gasteiger partial charge is 0.430 e. The Kier molecular flexibility index (Phi) is 6.22. The summed E-state index contributed by atoms with van der Waals surface area (Å²) in [6.45, 7) is 8.20. The molecule has 0 amide bonds. The molecule has 1 saturated carbocycles. The number of alkyl halides is 4. The normalized spacial score (nSPS) is 21.3. The number of hydrogen-bond acceptors (Lipinski definition) is 1. The first kappa shape index (κ1) is 19.9. The van der Waals surface area contributed by atoms with Gasteiger partial charge in [0.1, 0.15) is 0 Å². The maximum absolute atomic E-state index is 15.4. The highest BCUT2D eigenvalue weighted by Gasteiger charge is 2.70. The van der Waals surface area contributed by atoms with Crippen LogP contribution in [0.2, 0.25) is 0 Å². The molecule has 2 unspecified atom stereocenters. The van der Waals surface area contributed by atoms with E-state index in [2.05, 4.69) is 6.58 Å². The first-order valence-corrected chi connectivity index (χ1v) is 8.06. The van der Waals surface area contributed by atoms with E-state index in [9.17, 15) is 18.0 Å². The number of halogens is 4. The van der Waals surface area contributed by atoms with Crippen molar-refractivity contribution in [3.63, 3.8) is 0 Å². The molecule has 1 nitrogen and oxygen atoms in total. The topological polar surface area (TPSA) is 17.1 Å². The third-order valence-corrected chi connectivity index (χ3v) is 4.91. The van der Waals surface area contributed by atoms with E-state index in [-0.39, 0.29) is 12.8 Å². The zero-order chi connectivity index (χ0) is 17.9. The molecule has 0 bridgehead atoms. The lowest BCUT2D eigenvalue weighted by Crippen LogP contribution is -2.60. The minimum atomic E-state index is -5.25. The van der Waals surface area contributed by atoms with Crippen LogP contribution in [0.5, 0.6) is 0 Å². The first-order valence-electron chi connectivity index (χ1n) is 8.06. The molecule has 1 fully saturated rings. The van der Waals surface area contributed by atoms with Gasteiger partial charge in [0.05, 0.1) is 0 Å². The average Bonchev–Trinajstić information content (AvgIpc) is 2.97. The van der Waals surface area contributed by atoms with Crippen LogP contribution in [0.3, 0.4) is 0 Å². The number of allylic oxidation sites excluding steroid dienone is 3. The Bertz CT molecular complexity index is 470. The Hall–Kier alpha value is -1.13. The Morgan fingerprint density at radius 2 is 1.70 bits per heavy atom. The summed E-state index contributed by atoms with van der Waals surface area (Å²) in [5.41, 5.74) is -4.92. The van der Waals surface area contributed by atoms with Crippen LogP contribution in [0.4, 0.5) is 17.6 Å². The summed E-state index contributed by atoms with van der Waals surface area (Å²) >= 11 is 0. The Balaban J connectivity index is 3.22. The van der Waals surface area contributed by atoms with Gasteiger partial charge in [-0.2, -0.15) is 13.2 Å². The Morgan fingerprint density at radius 3 is 2.09 bits per heavy atom. The predicted molar refractivity (Wildman–Crippen MR) is 83.8 cm³/mol. The van der Waals surface area contributed by atoms with E-state index in [0.717, 1.165) is 18.6 Å². The molecular formula is C18H26F4O. The summed E-state index contributed by atoms with van der Waals surface area (Å²) in [6, 6.07) is 0. The number of carbonyl (C=O) groups excluding carboxylic acids is 1. The fourth-order valence-electron chi connectivity index (χ4n) is 3.29. The fraction of sp³-hybridized carbons (Fsp3) is 0.722. The lowest BCUT2D eigenvalue weighted by Gasteiger charge is -2.42. The number of hydrogen-bond donors (Lipinski definition) is 0. The van der Waals surface area contributed by atoms with Crippen molar-refractivity contribution < 1.29 is 22.4 Å². The molecule has 0 saturated heterocycles. The van der Waals surface area contributed by atoms with E-state index in [4.69, 9.17) is 0 Å². The second-order valence-electron chi connectivity index (χ2n) is 6.94. The SMILES string of the molecule is C=CC(C)(CCC=C(C)C)C(F)(C(=O)C1CCCC1)C(F)(F)F. The summed E-state index contributed by atoms with van der Waals surface area (Å²) in [7, 11) is 0. The zero-order valence-electron chi connectivity index (χ0n) is 14.1. The van der Waals surface area contributed by atoms with E-state index in [0.29, 0.717) is 25.7 Å². The molecule has 0 aromatic carbocycles. The molecule has 132 valence electrons. The van der Waals surface area contributed by atoms with Gasteiger partial charge in [-0.3, -0.25) is 4.79 Å². The number of ketones is 1. The van der Waals surface area contributed by atoms with Gasteiger partial charge in [-0.1, -0.05) is 37.5 Å². The van der Waals surface area contributed by atoms with Crippen LogP contribution in [0, 0.1) is 11.3 Å². The maximum atomic E-state index is 15.4. The van der Waals surface area contributed by atoms with Crippen LogP contribution in [-0.4, -0.2) is 17.6 Å². The molecule has 1 aliphatic carbocycles. The maximum Gasteiger partial charge on any atom is 0.430 e. The monoisotopic (exact) mass is 334 g/mol. The van der Waals surface area contributed by atoms with E-state index in [1.807, 2.05) is 13.8 Å². The van der Waals surface area contributed by atoms with Gasteiger partial charge >= 0.3 is 6.18 Å². The van der Waals surface area contributed by atoms with Crippen LogP contribution in [0.1, 0.15) is 59.3 Å². The highest BCUT2D eigenvalue weighted by atomic mass is 19.4. The van der Waals surface area contributed by atoms with E-state index in [1.165, 1.54) is 0 Å². The molecule has 1 aliphatic rings. The highest BCUT2D eigenvalue weighted by Crippen LogP contribution is 2.53. The van der Waals surface area contributed by atoms with E-state index >= 15 is 4.39 Å². The third kappa shape index (κ3) is 3.86. The summed E-state index contributed by atoms with van der Waals surface area (Å²) in [5, 5.41) is 0. The second kappa shape index (κ2) is 7.18. The minimum absolute atomic E-state index is 0.115. The lowest BCUT2D eigenvalue weighted by molar-refractivity contribution is -0.253. The first-order chi connectivity index (χ1) is 10.5. The molecule has 1 rings (SSSR count). The van der Waals surface area contributed by atoms with Crippen LogP contribution in [0.25, 0.3) is 0 Å². The number of carbonyl (C=O) groups is 1. The van der Waals surface area contributed by atoms with Crippen molar-refractivity contribution in [3.8, 4) is 0 Å². The smallest absolute Gasteiger partial charge is 0.295 e. The van der Waals surface area contributed by atoms with Crippen LogP contribution in [-0.2, 0) is 4.79 Å². The van der Waals surface area contributed by atoms with Crippen LogP contribution in [0.15, 0.2) is 24.3 Å². The molecule has 0 aliphatic heterocycles. The molecule has 0 N–H and O–H groups in total. The van der Waals surface area contributed by atoms with Gasteiger partial charge in [0.2, 0.25) is 0 Å². The van der Waals surface area contributed by atoms with Gasteiger partial charge in [-0.05, 0) is 39.5 Å². The van der Waals surface area contributed by atoms with Gasteiger partial charge in [0.25, 0.3) is 5.67 Å². The fourth-order valence-corrected chi connectivity index (χ4v) is 3.29. The van der Waals surface area contributed by atoms with Crippen molar-refractivity contribution in [2.75, 3.05) is 0 Å². The summed E-state index contributed by atoms with van der Waals surface area (Å²) in [4.78, 5) is 12.5. The standard InChI is InChI=1S/C18H26F4O/c1-5-16(4,12-8-9-13(2)3)17(19,18(20,21)22)15(23)14-10-6-7-11-14/h5,9,14H,1,6-8,10-12H2,2-4H3. The number of Topliss-reactive ketones (excluding diaryl/α,β-unsaturated/α-hetero) is 1. The lowest BCUT2D eigenvalue weighted by atomic mass is 9.66. The molecule has 23 heavy (non-hydrogen) atoms. The molecule has 0 spiro atoms. The summed E-state index contributed by atoms with van der Waals surface area (Å²) in [5.74, 6) is -2.16. The summed E-state index contributed by atoms with van der Waals surface area (Å²) in [6.07, 6.45) is -0.366. The second-order valence-corrected chi connectivity index (χ2v) is 6.94. The third-order valence-electron chi connectivity index (χ3n) is 4.91. The van der Waals surface area contributed by atoms with Crippen molar-refractivity contribution >= 4 is 5.78 Å². The van der Waals surface area contributed by atoms with Crippen molar-refractivity contribution in [2.45, 2.75) is 71.1 Å². The molecule has 0 radical (unpaired) electrons. The van der Waals surface area contributed by atoms with E-state index < -0.39 is 29.0 Å². The molecule has 2 atom stereocenters. The van der Waals surface area contributed by atoms with Crippen LogP contribution >= 0.6 is 0 Å². The van der Waals surface area contributed by atoms with Gasteiger partial charge in [-0.25, -0.2) is 4.39 Å². The average molecular weight is 334 g/mol. The molecule has 0 heterocycles. The van der Waals surface area contributed by atoms with Crippen molar-refractivity contribution in [2.24, 2.45) is 11.3 Å². The predicted octanol–water partition coefficient (Wildman–Crippen LogP) is 5.96. The van der Waals surface area contributed by atoms with Gasteiger partial charge in [0, 0.05) is 11.3 Å². The Labute approximate surface area is 135 Å². The zero-order valence-corrected chi connectivity index (χ0v) is 14.1. The summed E-state index contributed by atoms with van der Waals surface area (Å²) < 4.78 is 56.2. The quantitative estimate of drug-likeness (QED) is 0.415. The molecule has 0 aromatic rings. The van der Waals surface area contributed by atoms with Gasteiger partial charge < -0.3 is 0 Å². The van der Waals surface area contributed by atoms with Crippen molar-refractivity contribution in [1.29, 1.82) is 0 Å².